The molecule has 0 aliphatic carbocycles. The summed E-state index contributed by atoms with van der Waals surface area (Å²) in [7, 11) is 0. The number of hydrogen-bond donors (Lipinski definition) is 0. The van der Waals surface area contributed by atoms with E-state index in [2.05, 4.69) is 15.2 Å². The highest BCUT2D eigenvalue weighted by Gasteiger charge is 2.19. The molecule has 172 valence electrons. The van der Waals surface area contributed by atoms with Crippen LogP contribution >= 0.6 is 34.7 Å². The maximum atomic E-state index is 12.9. The largest absolute Gasteiger partial charge is 0.270 e. The van der Waals surface area contributed by atoms with Crippen LogP contribution in [0.2, 0.25) is 5.02 Å². The topological polar surface area (TPSA) is 78.0 Å². The predicted molar refractivity (Wildman–Crippen MR) is 141 cm³/mol. The van der Waals surface area contributed by atoms with Crippen molar-refractivity contribution in [3.05, 3.63) is 99.7 Å². The first-order valence-electron chi connectivity index (χ1n) is 10.7. The second kappa shape index (κ2) is 8.92. The average molecular weight is 517 g/mol. The standard InChI is InChI=1S/C25H17ClN6OS2/c1-15-18(26)5-4-7-19(15)32-23(16-9-11-27-12-10-16)29-30-25(32)34-14-17-13-22(33)31-20-6-2-3-8-21(20)35-24(31)28-17/h2-13H,14H2,1H3. The fourth-order valence-electron chi connectivity index (χ4n) is 3.94. The van der Waals surface area contributed by atoms with Crippen LogP contribution in [0.5, 0.6) is 0 Å². The summed E-state index contributed by atoms with van der Waals surface area (Å²) in [5.41, 5.74) is 4.19. The van der Waals surface area contributed by atoms with Crippen LogP contribution in [-0.4, -0.2) is 29.1 Å². The number of rotatable bonds is 5. The normalized spacial score (nSPS) is 11.5. The van der Waals surface area contributed by atoms with Gasteiger partial charge in [0.2, 0.25) is 0 Å². The highest BCUT2D eigenvalue weighted by atomic mass is 35.5. The van der Waals surface area contributed by atoms with Crippen molar-refractivity contribution in [3.63, 3.8) is 0 Å². The summed E-state index contributed by atoms with van der Waals surface area (Å²) in [6, 6.07) is 19.0. The summed E-state index contributed by atoms with van der Waals surface area (Å²) in [5.74, 6) is 1.15. The van der Waals surface area contributed by atoms with Gasteiger partial charge < -0.3 is 0 Å². The van der Waals surface area contributed by atoms with Gasteiger partial charge in [-0.15, -0.1) is 10.2 Å². The van der Waals surface area contributed by atoms with Crippen molar-refractivity contribution in [1.82, 2.24) is 29.1 Å². The van der Waals surface area contributed by atoms with Gasteiger partial charge in [-0.25, -0.2) is 4.98 Å². The van der Waals surface area contributed by atoms with Crippen molar-refractivity contribution in [2.45, 2.75) is 17.8 Å². The number of thioether (sulfide) groups is 1. The number of aromatic nitrogens is 6. The number of hydrogen-bond acceptors (Lipinski definition) is 7. The lowest BCUT2D eigenvalue weighted by Crippen LogP contribution is -2.13. The van der Waals surface area contributed by atoms with Crippen LogP contribution in [0.3, 0.4) is 0 Å². The number of pyridine rings is 1. The lowest BCUT2D eigenvalue weighted by atomic mass is 10.2. The molecule has 0 aliphatic rings. The van der Waals surface area contributed by atoms with E-state index in [0.29, 0.717) is 32.4 Å². The molecule has 35 heavy (non-hydrogen) atoms. The Bertz CT molecular complexity index is 1760. The summed E-state index contributed by atoms with van der Waals surface area (Å²) in [6.07, 6.45) is 3.45. The molecule has 0 fully saturated rings. The molecule has 0 N–H and O–H groups in total. The SMILES string of the molecule is Cc1c(Cl)cccc1-n1c(SCc2cc(=O)n3c(n2)sc2ccccc23)nnc1-c1ccncc1. The lowest BCUT2D eigenvalue weighted by molar-refractivity contribution is 0.879. The monoisotopic (exact) mass is 516 g/mol. The third kappa shape index (κ3) is 3.91. The van der Waals surface area contributed by atoms with E-state index < -0.39 is 0 Å². The van der Waals surface area contributed by atoms with E-state index >= 15 is 0 Å². The second-order valence-electron chi connectivity index (χ2n) is 7.82. The van der Waals surface area contributed by atoms with Crippen LogP contribution in [-0.2, 0) is 5.75 Å². The molecule has 4 heterocycles. The van der Waals surface area contributed by atoms with E-state index in [-0.39, 0.29) is 5.56 Å². The fraction of sp³-hybridized carbons (Fsp3) is 0.0800. The van der Waals surface area contributed by atoms with Crippen LogP contribution in [0.4, 0.5) is 0 Å². The predicted octanol–water partition coefficient (Wildman–Crippen LogP) is 5.81. The molecule has 0 unspecified atom stereocenters. The smallest absolute Gasteiger partial charge is 0.259 e. The van der Waals surface area contributed by atoms with Crippen LogP contribution in [0.25, 0.3) is 32.3 Å². The third-order valence-corrected chi connectivity index (χ3v) is 8.04. The van der Waals surface area contributed by atoms with Gasteiger partial charge in [-0.2, -0.15) is 0 Å². The Labute approximate surface area is 213 Å². The molecular formula is C25H17ClN6OS2. The Morgan fingerprint density at radius 3 is 2.71 bits per heavy atom. The summed E-state index contributed by atoms with van der Waals surface area (Å²) >= 11 is 9.42. The van der Waals surface area contributed by atoms with Crippen molar-refractivity contribution < 1.29 is 0 Å². The quantitative estimate of drug-likeness (QED) is 0.269. The van der Waals surface area contributed by atoms with Gasteiger partial charge in [0, 0.05) is 34.8 Å². The van der Waals surface area contributed by atoms with E-state index in [1.807, 2.05) is 66.1 Å². The number of thiazole rings is 1. The van der Waals surface area contributed by atoms with Crippen molar-refractivity contribution in [3.8, 4) is 17.1 Å². The average Bonchev–Trinajstić information content (AvgIpc) is 3.46. The van der Waals surface area contributed by atoms with Gasteiger partial charge >= 0.3 is 0 Å². The lowest BCUT2D eigenvalue weighted by Gasteiger charge is -2.13. The molecular weight excluding hydrogens is 500 g/mol. The van der Waals surface area contributed by atoms with E-state index in [4.69, 9.17) is 16.6 Å². The first-order chi connectivity index (χ1) is 17.1. The van der Waals surface area contributed by atoms with Gasteiger partial charge in [0.05, 0.1) is 21.6 Å². The molecule has 0 bridgehead atoms. The molecule has 10 heteroatoms. The second-order valence-corrected chi connectivity index (χ2v) is 10.2. The molecule has 0 saturated heterocycles. The van der Waals surface area contributed by atoms with Gasteiger partial charge in [-0.3, -0.25) is 18.7 Å². The highest BCUT2D eigenvalue weighted by molar-refractivity contribution is 7.98. The molecule has 6 aromatic rings. The van der Waals surface area contributed by atoms with E-state index in [1.54, 1.807) is 22.9 Å². The Morgan fingerprint density at radius 2 is 1.86 bits per heavy atom. The summed E-state index contributed by atoms with van der Waals surface area (Å²) < 4.78 is 4.68. The zero-order valence-corrected chi connectivity index (χ0v) is 20.8. The minimum absolute atomic E-state index is 0.0901. The number of para-hydroxylation sites is 1. The Kier molecular flexibility index (Phi) is 5.60. The third-order valence-electron chi connectivity index (χ3n) is 5.65. The highest BCUT2D eigenvalue weighted by Crippen LogP contribution is 2.33. The van der Waals surface area contributed by atoms with Crippen molar-refractivity contribution in [2.24, 2.45) is 0 Å². The zero-order valence-electron chi connectivity index (χ0n) is 18.4. The molecule has 0 radical (unpaired) electrons. The van der Waals surface area contributed by atoms with Gasteiger partial charge in [0.1, 0.15) is 0 Å². The Balaban J connectivity index is 1.41. The molecule has 7 nitrogen and oxygen atoms in total. The summed E-state index contributed by atoms with van der Waals surface area (Å²) in [6.45, 7) is 1.97. The molecule has 6 rings (SSSR count). The van der Waals surface area contributed by atoms with Crippen LogP contribution in [0, 0.1) is 6.92 Å². The first-order valence-corrected chi connectivity index (χ1v) is 12.9. The summed E-state index contributed by atoms with van der Waals surface area (Å²) in [4.78, 5) is 22.5. The van der Waals surface area contributed by atoms with Crippen molar-refractivity contribution in [1.29, 1.82) is 0 Å². The number of benzene rings is 2. The van der Waals surface area contributed by atoms with Crippen LogP contribution in [0.1, 0.15) is 11.3 Å². The Morgan fingerprint density at radius 1 is 1.03 bits per heavy atom. The maximum Gasteiger partial charge on any atom is 0.259 e. The minimum atomic E-state index is -0.0901. The summed E-state index contributed by atoms with van der Waals surface area (Å²) in [5, 5.41) is 10.3. The first kappa shape index (κ1) is 22.0. The van der Waals surface area contributed by atoms with Crippen molar-refractivity contribution in [2.75, 3.05) is 0 Å². The Hall–Kier alpha value is -3.53. The molecule has 0 amide bonds. The molecule has 0 aliphatic heterocycles. The van der Waals surface area contributed by atoms with Crippen molar-refractivity contribution >= 4 is 49.9 Å². The van der Waals surface area contributed by atoms with E-state index in [9.17, 15) is 4.79 Å². The zero-order chi connectivity index (χ0) is 23.9. The molecule has 4 aromatic heterocycles. The van der Waals surface area contributed by atoms with Gasteiger partial charge in [-0.05, 0) is 48.9 Å². The molecule has 0 saturated carbocycles. The minimum Gasteiger partial charge on any atom is -0.270 e. The van der Waals surface area contributed by atoms with Gasteiger partial charge in [-0.1, -0.05) is 52.9 Å². The number of halogens is 1. The molecule has 0 atom stereocenters. The van der Waals surface area contributed by atoms with Crippen LogP contribution in [0.15, 0.2) is 83.0 Å². The molecule has 0 spiro atoms. The fourth-order valence-corrected chi connectivity index (χ4v) is 6.00. The van der Waals surface area contributed by atoms with Gasteiger partial charge in [0.25, 0.3) is 5.56 Å². The number of nitrogens with zero attached hydrogens (tertiary/aromatic N) is 6. The van der Waals surface area contributed by atoms with E-state index in [0.717, 1.165) is 27.0 Å². The molecule has 2 aromatic carbocycles. The van der Waals surface area contributed by atoms with E-state index in [1.165, 1.54) is 23.1 Å². The van der Waals surface area contributed by atoms with Gasteiger partial charge in [0.15, 0.2) is 15.9 Å². The number of fused-ring (bicyclic) bond motifs is 3. The van der Waals surface area contributed by atoms with Crippen LogP contribution < -0.4 is 5.56 Å². The maximum absolute atomic E-state index is 12.9.